The number of benzene rings is 1. The Balaban J connectivity index is 0.00000144. The normalized spacial score (nSPS) is 10.6. The molecular formula is C14H22N2O. The highest BCUT2D eigenvalue weighted by Gasteiger charge is 2.05. The molecule has 0 spiro atoms. The third-order valence-corrected chi connectivity index (χ3v) is 2.80. The average Bonchev–Trinajstić information content (AvgIpc) is 2.68. The first-order chi connectivity index (χ1) is 7.70. The molecule has 0 radical (unpaired) electrons. The SMILES string of the molecule is C.COc1ccc2[nH]cc(CCN(C)C)c2c1. The molecule has 1 aromatic heterocycles. The summed E-state index contributed by atoms with van der Waals surface area (Å²) in [4.78, 5) is 5.48. The van der Waals surface area contributed by atoms with Crippen molar-refractivity contribution in [1.82, 2.24) is 9.88 Å². The maximum absolute atomic E-state index is 5.25. The number of nitrogens with one attached hydrogen (secondary N) is 1. The summed E-state index contributed by atoms with van der Waals surface area (Å²) in [5.41, 5.74) is 2.53. The number of aromatic nitrogens is 1. The van der Waals surface area contributed by atoms with Crippen LogP contribution < -0.4 is 4.74 Å². The highest BCUT2D eigenvalue weighted by Crippen LogP contribution is 2.23. The van der Waals surface area contributed by atoms with Crippen molar-refractivity contribution in [1.29, 1.82) is 0 Å². The number of rotatable bonds is 4. The quantitative estimate of drug-likeness (QED) is 0.881. The topological polar surface area (TPSA) is 28.3 Å². The van der Waals surface area contributed by atoms with Crippen LogP contribution in [0.1, 0.15) is 13.0 Å². The Hall–Kier alpha value is -1.48. The van der Waals surface area contributed by atoms with Crippen molar-refractivity contribution in [2.24, 2.45) is 0 Å². The standard InChI is InChI=1S/C13H18N2O.CH4/c1-15(2)7-6-10-9-14-13-5-4-11(16-3)8-12(10)13;/h4-5,8-9,14H,6-7H2,1-3H3;1H4. The second kappa shape index (κ2) is 5.73. The summed E-state index contributed by atoms with van der Waals surface area (Å²) in [6.45, 7) is 1.06. The number of methoxy groups -OCH3 is 1. The molecule has 2 aromatic rings. The van der Waals surface area contributed by atoms with Crippen LogP contribution >= 0.6 is 0 Å². The van der Waals surface area contributed by atoms with Crippen LogP contribution in [0, 0.1) is 0 Å². The van der Waals surface area contributed by atoms with Gasteiger partial charge in [-0.3, -0.25) is 0 Å². The van der Waals surface area contributed by atoms with Crippen molar-refractivity contribution in [3.8, 4) is 5.75 Å². The molecule has 1 heterocycles. The molecule has 1 aromatic carbocycles. The van der Waals surface area contributed by atoms with Crippen LogP contribution in [0.3, 0.4) is 0 Å². The second-order valence-electron chi connectivity index (χ2n) is 4.28. The minimum Gasteiger partial charge on any atom is -0.497 e. The molecule has 0 saturated heterocycles. The van der Waals surface area contributed by atoms with Crippen LogP contribution in [0.4, 0.5) is 0 Å². The molecule has 3 nitrogen and oxygen atoms in total. The van der Waals surface area contributed by atoms with Crippen LogP contribution in [-0.2, 0) is 6.42 Å². The van der Waals surface area contributed by atoms with Crippen LogP contribution in [0.15, 0.2) is 24.4 Å². The molecule has 2 rings (SSSR count). The van der Waals surface area contributed by atoms with Crippen molar-refractivity contribution in [2.45, 2.75) is 13.8 Å². The van der Waals surface area contributed by atoms with Gasteiger partial charge in [0.2, 0.25) is 0 Å². The van der Waals surface area contributed by atoms with E-state index < -0.39 is 0 Å². The summed E-state index contributed by atoms with van der Waals surface area (Å²) < 4.78 is 5.25. The lowest BCUT2D eigenvalue weighted by Gasteiger charge is -2.08. The van der Waals surface area contributed by atoms with Gasteiger partial charge < -0.3 is 14.6 Å². The number of H-pyrrole nitrogens is 1. The molecule has 0 atom stereocenters. The predicted octanol–water partition coefficient (Wildman–Crippen LogP) is 2.92. The van der Waals surface area contributed by atoms with E-state index in [0.29, 0.717) is 0 Å². The predicted molar refractivity (Wildman–Crippen MR) is 73.8 cm³/mol. The Morgan fingerprint density at radius 3 is 2.71 bits per heavy atom. The van der Waals surface area contributed by atoms with Crippen molar-refractivity contribution >= 4 is 10.9 Å². The van der Waals surface area contributed by atoms with Gasteiger partial charge in [0, 0.05) is 23.6 Å². The van der Waals surface area contributed by atoms with Gasteiger partial charge in [-0.1, -0.05) is 7.43 Å². The minimum absolute atomic E-state index is 0. The number of fused-ring (bicyclic) bond motifs is 1. The fraction of sp³-hybridized carbons (Fsp3) is 0.429. The van der Waals surface area contributed by atoms with Gasteiger partial charge >= 0.3 is 0 Å². The summed E-state index contributed by atoms with van der Waals surface area (Å²) in [5.74, 6) is 0.915. The van der Waals surface area contributed by atoms with E-state index in [2.05, 4.69) is 42.3 Å². The molecule has 0 amide bonds. The third-order valence-electron chi connectivity index (χ3n) is 2.80. The molecule has 3 heteroatoms. The number of ether oxygens (including phenoxy) is 1. The molecule has 0 fully saturated rings. The summed E-state index contributed by atoms with van der Waals surface area (Å²) in [6.07, 6.45) is 3.15. The summed E-state index contributed by atoms with van der Waals surface area (Å²) in [6, 6.07) is 6.14. The highest BCUT2D eigenvalue weighted by molar-refractivity contribution is 5.84. The first-order valence-corrected chi connectivity index (χ1v) is 5.49. The van der Waals surface area contributed by atoms with Gasteiger partial charge in [-0.25, -0.2) is 0 Å². The maximum Gasteiger partial charge on any atom is 0.119 e. The van der Waals surface area contributed by atoms with Gasteiger partial charge in [-0.2, -0.15) is 0 Å². The van der Waals surface area contributed by atoms with E-state index in [4.69, 9.17) is 4.74 Å². The zero-order valence-corrected chi connectivity index (χ0v) is 10.1. The summed E-state index contributed by atoms with van der Waals surface area (Å²) in [7, 11) is 5.89. The van der Waals surface area contributed by atoms with E-state index >= 15 is 0 Å². The van der Waals surface area contributed by atoms with Crippen molar-refractivity contribution in [3.05, 3.63) is 30.0 Å². The van der Waals surface area contributed by atoms with Gasteiger partial charge in [0.15, 0.2) is 0 Å². The van der Waals surface area contributed by atoms with Gasteiger partial charge in [-0.05, 0) is 44.3 Å². The second-order valence-corrected chi connectivity index (χ2v) is 4.28. The smallest absolute Gasteiger partial charge is 0.119 e. The monoisotopic (exact) mass is 234 g/mol. The highest BCUT2D eigenvalue weighted by atomic mass is 16.5. The van der Waals surface area contributed by atoms with Crippen LogP contribution in [0.2, 0.25) is 0 Å². The molecule has 94 valence electrons. The Bertz CT molecular complexity index is 474. The lowest BCUT2D eigenvalue weighted by molar-refractivity contribution is 0.413. The summed E-state index contributed by atoms with van der Waals surface area (Å²) >= 11 is 0. The lowest BCUT2D eigenvalue weighted by Crippen LogP contribution is -2.14. The summed E-state index contributed by atoms with van der Waals surface area (Å²) in [5, 5.41) is 1.27. The average molecular weight is 234 g/mol. The van der Waals surface area contributed by atoms with Gasteiger partial charge in [0.1, 0.15) is 5.75 Å². The lowest BCUT2D eigenvalue weighted by atomic mass is 10.1. The molecule has 0 aliphatic carbocycles. The van der Waals surface area contributed by atoms with Gasteiger partial charge in [0.25, 0.3) is 0 Å². The van der Waals surface area contributed by atoms with Gasteiger partial charge in [0.05, 0.1) is 7.11 Å². The Labute approximate surface area is 103 Å². The maximum atomic E-state index is 5.25. The zero-order valence-electron chi connectivity index (χ0n) is 10.1. The molecule has 0 aliphatic heterocycles. The zero-order chi connectivity index (χ0) is 11.5. The van der Waals surface area contributed by atoms with E-state index in [0.717, 1.165) is 18.7 Å². The van der Waals surface area contributed by atoms with Gasteiger partial charge in [-0.15, -0.1) is 0 Å². The van der Waals surface area contributed by atoms with Crippen molar-refractivity contribution in [2.75, 3.05) is 27.7 Å². The fourth-order valence-electron chi connectivity index (χ4n) is 1.84. The molecule has 0 bridgehead atoms. The Morgan fingerprint density at radius 2 is 2.06 bits per heavy atom. The third kappa shape index (κ3) is 3.01. The molecule has 0 saturated carbocycles. The number of hydrogen-bond acceptors (Lipinski definition) is 2. The number of likely N-dealkylation sites (N-methyl/N-ethyl adjacent to an activating group) is 1. The van der Waals surface area contributed by atoms with E-state index in [1.165, 1.54) is 16.5 Å². The van der Waals surface area contributed by atoms with Crippen LogP contribution in [-0.4, -0.2) is 37.6 Å². The van der Waals surface area contributed by atoms with E-state index in [1.807, 2.05) is 6.07 Å². The first kappa shape index (κ1) is 13.6. The molecule has 1 N–H and O–H groups in total. The van der Waals surface area contributed by atoms with E-state index in [1.54, 1.807) is 7.11 Å². The number of hydrogen-bond donors (Lipinski definition) is 1. The Morgan fingerprint density at radius 1 is 1.29 bits per heavy atom. The molecular weight excluding hydrogens is 212 g/mol. The van der Waals surface area contributed by atoms with E-state index in [-0.39, 0.29) is 7.43 Å². The molecule has 17 heavy (non-hydrogen) atoms. The number of aromatic amines is 1. The van der Waals surface area contributed by atoms with Crippen molar-refractivity contribution < 1.29 is 4.74 Å². The largest absolute Gasteiger partial charge is 0.497 e. The first-order valence-electron chi connectivity index (χ1n) is 5.49. The fourth-order valence-corrected chi connectivity index (χ4v) is 1.84. The van der Waals surface area contributed by atoms with Crippen molar-refractivity contribution in [3.63, 3.8) is 0 Å². The molecule has 0 aliphatic rings. The van der Waals surface area contributed by atoms with Crippen LogP contribution in [0.25, 0.3) is 10.9 Å². The van der Waals surface area contributed by atoms with E-state index in [9.17, 15) is 0 Å². The Kier molecular flexibility index (Phi) is 4.58. The minimum atomic E-state index is 0. The molecule has 0 unspecified atom stereocenters. The number of nitrogens with zero attached hydrogens (tertiary/aromatic N) is 1. The van der Waals surface area contributed by atoms with Crippen LogP contribution in [0.5, 0.6) is 5.75 Å².